The number of ether oxygens (including phenoxy) is 1. The van der Waals surface area contributed by atoms with Gasteiger partial charge < -0.3 is 10.1 Å². The molecule has 0 aromatic rings. The number of hydrogen-bond acceptors (Lipinski definition) is 3. The minimum atomic E-state index is -0.235. The highest BCUT2D eigenvalue weighted by Gasteiger charge is 1.88. The Labute approximate surface area is 55.4 Å². The molecular weight excluding hydrogens is 118 g/mol. The van der Waals surface area contributed by atoms with E-state index in [1.807, 2.05) is 0 Å². The molecule has 53 valence electrons. The van der Waals surface area contributed by atoms with Crippen molar-refractivity contribution >= 4 is 5.97 Å². The molecule has 0 fully saturated rings. The monoisotopic (exact) mass is 130 g/mol. The van der Waals surface area contributed by atoms with Crippen LogP contribution in [0.2, 0.25) is 0 Å². The zero-order chi connectivity index (χ0) is 7.11. The van der Waals surface area contributed by atoms with Crippen molar-refractivity contribution in [3.63, 3.8) is 0 Å². The highest BCUT2D eigenvalue weighted by molar-refractivity contribution is 5.65. The van der Waals surface area contributed by atoms with E-state index in [2.05, 4.69) is 17.0 Å². The maximum Gasteiger partial charge on any atom is 0.302 e. The third-order valence-electron chi connectivity index (χ3n) is 0.761. The number of rotatable bonds is 4. The van der Waals surface area contributed by atoms with E-state index < -0.39 is 0 Å². The third kappa shape index (κ3) is 7.43. The molecule has 0 aliphatic carbocycles. The number of esters is 1. The van der Waals surface area contributed by atoms with Gasteiger partial charge in [0.05, 0.1) is 0 Å². The highest BCUT2D eigenvalue weighted by atomic mass is 16.5. The largest absolute Gasteiger partial charge is 0.465 e. The van der Waals surface area contributed by atoms with Crippen LogP contribution in [0.25, 0.3) is 0 Å². The zero-order valence-corrected chi connectivity index (χ0v) is 5.64. The van der Waals surface area contributed by atoms with Crippen molar-refractivity contribution < 1.29 is 9.53 Å². The smallest absolute Gasteiger partial charge is 0.302 e. The molecule has 0 saturated carbocycles. The van der Waals surface area contributed by atoms with E-state index in [-0.39, 0.29) is 5.97 Å². The average molecular weight is 130 g/mol. The topological polar surface area (TPSA) is 38.3 Å². The first-order valence-electron chi connectivity index (χ1n) is 2.90. The van der Waals surface area contributed by atoms with E-state index in [1.54, 1.807) is 0 Å². The summed E-state index contributed by atoms with van der Waals surface area (Å²) in [4.78, 5) is 10.1. The molecule has 0 spiro atoms. The van der Waals surface area contributed by atoms with Gasteiger partial charge in [-0.15, -0.1) is 0 Å². The number of nitrogens with one attached hydrogen (secondary N) is 1. The molecule has 1 N–H and O–H groups in total. The molecule has 0 aromatic carbocycles. The Balaban J connectivity index is 2.83. The van der Waals surface area contributed by atoms with E-state index in [0.717, 1.165) is 0 Å². The molecule has 0 aliphatic heterocycles. The summed E-state index contributed by atoms with van der Waals surface area (Å²) in [5, 5.41) is 2.92. The summed E-state index contributed by atoms with van der Waals surface area (Å²) < 4.78 is 4.61. The van der Waals surface area contributed by atoms with Crippen LogP contribution >= 0.6 is 0 Å². The second-order valence-electron chi connectivity index (χ2n) is 1.59. The van der Waals surface area contributed by atoms with Gasteiger partial charge in [0.25, 0.3) is 0 Å². The molecule has 9 heavy (non-hydrogen) atoms. The molecule has 0 bridgehead atoms. The lowest BCUT2D eigenvalue weighted by Crippen LogP contribution is -2.20. The molecule has 0 unspecified atom stereocenters. The lowest BCUT2D eigenvalue weighted by Gasteiger charge is -2.00. The second kappa shape index (κ2) is 5.56. The Morgan fingerprint density at radius 2 is 2.44 bits per heavy atom. The summed E-state index contributed by atoms with van der Waals surface area (Å²) in [6.07, 6.45) is 0. The summed E-state index contributed by atoms with van der Waals surface area (Å²) in [6.45, 7) is 6.73. The third-order valence-corrected chi connectivity index (χ3v) is 0.761. The van der Waals surface area contributed by atoms with E-state index in [4.69, 9.17) is 0 Å². The van der Waals surface area contributed by atoms with Crippen molar-refractivity contribution in [3.8, 4) is 0 Å². The van der Waals surface area contributed by atoms with Gasteiger partial charge in [0.15, 0.2) is 0 Å². The van der Waals surface area contributed by atoms with Gasteiger partial charge in [-0.25, -0.2) is 0 Å². The number of carbonyl (C=O) groups excluding carboxylic acids is 1. The van der Waals surface area contributed by atoms with Crippen LogP contribution in [0.1, 0.15) is 6.92 Å². The molecule has 0 heterocycles. The molecule has 3 heteroatoms. The fraction of sp³-hybridized carbons (Fsp3) is 0.667. The van der Waals surface area contributed by atoms with E-state index in [9.17, 15) is 4.79 Å². The van der Waals surface area contributed by atoms with E-state index in [0.29, 0.717) is 19.7 Å². The normalized spacial score (nSPS) is 9.11. The van der Waals surface area contributed by atoms with Crippen molar-refractivity contribution in [1.29, 1.82) is 0 Å². The Kier molecular flexibility index (Phi) is 5.21. The van der Waals surface area contributed by atoms with Gasteiger partial charge in [-0.3, -0.25) is 4.79 Å². The van der Waals surface area contributed by atoms with Gasteiger partial charge in [0.2, 0.25) is 0 Å². The maximum absolute atomic E-state index is 10.1. The lowest BCUT2D eigenvalue weighted by atomic mass is 10.6. The van der Waals surface area contributed by atoms with Crippen LogP contribution in [0.3, 0.4) is 0 Å². The Bertz CT molecular complexity index is 83.1. The first-order chi connectivity index (χ1) is 4.27. The Morgan fingerprint density at radius 1 is 1.78 bits per heavy atom. The maximum atomic E-state index is 10.1. The quantitative estimate of drug-likeness (QED) is 0.429. The fourth-order valence-corrected chi connectivity index (χ4v) is 0.392. The predicted molar refractivity (Wildman–Crippen MR) is 34.9 cm³/mol. The van der Waals surface area contributed by atoms with Crippen molar-refractivity contribution in [2.24, 2.45) is 0 Å². The van der Waals surface area contributed by atoms with Gasteiger partial charge in [0, 0.05) is 13.5 Å². The van der Waals surface area contributed by atoms with Crippen molar-refractivity contribution in [1.82, 2.24) is 5.32 Å². The SMILES string of the molecule is [CH2]CNCCOC(C)=O. The molecule has 0 aromatic heterocycles. The molecule has 0 atom stereocenters. The summed E-state index contributed by atoms with van der Waals surface area (Å²) in [7, 11) is 0. The van der Waals surface area contributed by atoms with Crippen LogP contribution < -0.4 is 5.32 Å². The molecule has 0 rings (SSSR count). The Hall–Kier alpha value is -0.570. The minimum Gasteiger partial charge on any atom is -0.465 e. The summed E-state index contributed by atoms with van der Waals surface area (Å²) in [5.41, 5.74) is 0. The number of hydrogen-bond donors (Lipinski definition) is 1. The first kappa shape index (κ1) is 8.43. The summed E-state index contributed by atoms with van der Waals surface area (Å²) in [5.74, 6) is -0.235. The predicted octanol–water partition coefficient (Wildman–Crippen LogP) is -0.0268. The molecule has 1 radical (unpaired) electrons. The van der Waals surface area contributed by atoms with Gasteiger partial charge in [0.1, 0.15) is 6.61 Å². The van der Waals surface area contributed by atoms with Gasteiger partial charge in [-0.2, -0.15) is 0 Å². The summed E-state index contributed by atoms with van der Waals surface area (Å²) >= 11 is 0. The Morgan fingerprint density at radius 3 is 2.89 bits per heavy atom. The zero-order valence-electron chi connectivity index (χ0n) is 5.64. The summed E-state index contributed by atoms with van der Waals surface area (Å²) in [6, 6.07) is 0. The van der Waals surface area contributed by atoms with Gasteiger partial charge in [-0.1, -0.05) is 0 Å². The van der Waals surface area contributed by atoms with Crippen LogP contribution in [0.5, 0.6) is 0 Å². The van der Waals surface area contributed by atoms with Crippen molar-refractivity contribution in [2.45, 2.75) is 6.92 Å². The highest BCUT2D eigenvalue weighted by Crippen LogP contribution is 1.72. The van der Waals surface area contributed by atoms with Gasteiger partial charge >= 0.3 is 5.97 Å². The number of carbonyl (C=O) groups is 1. The van der Waals surface area contributed by atoms with E-state index in [1.165, 1.54) is 6.92 Å². The average Bonchev–Trinajstić information content (AvgIpc) is 1.80. The lowest BCUT2D eigenvalue weighted by molar-refractivity contribution is -0.140. The van der Waals surface area contributed by atoms with Gasteiger partial charge in [-0.05, 0) is 13.5 Å². The molecular formula is C6H12NO2. The first-order valence-corrected chi connectivity index (χ1v) is 2.90. The fourth-order valence-electron chi connectivity index (χ4n) is 0.392. The van der Waals surface area contributed by atoms with Crippen LogP contribution in [-0.4, -0.2) is 25.7 Å². The van der Waals surface area contributed by atoms with E-state index >= 15 is 0 Å². The molecule has 0 saturated heterocycles. The van der Waals surface area contributed by atoms with Crippen molar-refractivity contribution in [2.75, 3.05) is 19.7 Å². The van der Waals surface area contributed by atoms with Crippen LogP contribution in [0, 0.1) is 6.92 Å². The van der Waals surface area contributed by atoms with Crippen LogP contribution in [0.15, 0.2) is 0 Å². The van der Waals surface area contributed by atoms with Crippen LogP contribution in [0.4, 0.5) is 0 Å². The molecule has 0 amide bonds. The standard InChI is InChI=1S/C6H12NO2/c1-3-7-4-5-9-6(2)8/h7H,1,3-5H2,2H3. The van der Waals surface area contributed by atoms with Crippen molar-refractivity contribution in [3.05, 3.63) is 6.92 Å². The minimum absolute atomic E-state index is 0.235. The molecule has 0 aliphatic rings. The molecule has 3 nitrogen and oxygen atoms in total. The van der Waals surface area contributed by atoms with Crippen LogP contribution in [-0.2, 0) is 9.53 Å². The second-order valence-corrected chi connectivity index (χ2v) is 1.59.